The van der Waals surface area contributed by atoms with Crippen LogP contribution in [0.25, 0.3) is 5.78 Å². The van der Waals surface area contributed by atoms with E-state index in [-0.39, 0.29) is 11.9 Å². The highest BCUT2D eigenvalue weighted by atomic mass is 32.2. The number of thioether (sulfide) groups is 1. The lowest BCUT2D eigenvalue weighted by Crippen LogP contribution is -2.45. The van der Waals surface area contributed by atoms with Crippen LogP contribution in [0.4, 0.5) is 0 Å². The first-order valence-corrected chi connectivity index (χ1v) is 9.16. The molecule has 0 aliphatic carbocycles. The van der Waals surface area contributed by atoms with Crippen molar-refractivity contribution < 1.29 is 4.79 Å². The third kappa shape index (κ3) is 1.84. The molecule has 1 amide bonds. The molecule has 0 N–H and O–H groups in total. The summed E-state index contributed by atoms with van der Waals surface area (Å²) in [6, 6.07) is 8.49. The number of fused-ring (bicyclic) bond motifs is 6. The zero-order chi connectivity index (χ0) is 16.3. The molecule has 0 radical (unpaired) electrons. The van der Waals surface area contributed by atoms with Crippen molar-refractivity contribution in [2.24, 2.45) is 0 Å². The summed E-state index contributed by atoms with van der Waals surface area (Å²) in [6.45, 7) is 0.755. The van der Waals surface area contributed by atoms with Crippen molar-refractivity contribution in [3.8, 4) is 0 Å². The molecule has 2 aliphatic rings. The third-order valence-electron chi connectivity index (χ3n) is 4.92. The van der Waals surface area contributed by atoms with Crippen LogP contribution in [0.2, 0.25) is 0 Å². The zero-order valence-electron chi connectivity index (χ0n) is 13.1. The van der Waals surface area contributed by atoms with Crippen molar-refractivity contribution in [1.82, 2.24) is 24.5 Å². The second-order valence-corrected chi connectivity index (χ2v) is 6.87. The number of aromatic nitrogens is 4. The van der Waals surface area contributed by atoms with Gasteiger partial charge in [0.1, 0.15) is 0 Å². The van der Waals surface area contributed by atoms with Gasteiger partial charge in [-0.25, -0.2) is 4.98 Å². The van der Waals surface area contributed by atoms with Gasteiger partial charge < -0.3 is 4.90 Å². The molecule has 24 heavy (non-hydrogen) atoms. The maximum atomic E-state index is 13.0. The van der Waals surface area contributed by atoms with Crippen LogP contribution in [0, 0.1) is 0 Å². The standard InChI is InChI=1S/C17H15N5OS/c1-24-17-19-16-18-9-12-14(22(16)20-17)8-13-11-5-3-2-4-10(11)6-7-21(13)15(12)23/h2-5,9,13H,6-8H2,1H3/t13-/m0/s1. The Hall–Kier alpha value is -2.41. The number of rotatable bonds is 1. The Labute approximate surface area is 142 Å². The lowest BCUT2D eigenvalue weighted by atomic mass is 9.86. The normalized spacial score (nSPS) is 19.1. The van der Waals surface area contributed by atoms with Crippen LogP contribution in [0.5, 0.6) is 0 Å². The largest absolute Gasteiger partial charge is 0.331 e. The van der Waals surface area contributed by atoms with E-state index in [1.165, 1.54) is 22.9 Å². The van der Waals surface area contributed by atoms with Crippen LogP contribution >= 0.6 is 11.8 Å². The monoisotopic (exact) mass is 337 g/mol. The molecule has 1 atom stereocenters. The van der Waals surface area contributed by atoms with Crippen LogP contribution in [0.15, 0.2) is 35.6 Å². The van der Waals surface area contributed by atoms with E-state index >= 15 is 0 Å². The van der Waals surface area contributed by atoms with Gasteiger partial charge in [0.15, 0.2) is 0 Å². The number of hydrogen-bond acceptors (Lipinski definition) is 5. The fourth-order valence-electron chi connectivity index (χ4n) is 3.78. The molecule has 120 valence electrons. The number of carbonyl (C=O) groups is 1. The summed E-state index contributed by atoms with van der Waals surface area (Å²) in [5.74, 6) is 0.606. The van der Waals surface area contributed by atoms with E-state index in [0.29, 0.717) is 16.5 Å². The Kier molecular flexibility index (Phi) is 2.94. The molecule has 0 saturated heterocycles. The van der Waals surface area contributed by atoms with E-state index in [4.69, 9.17) is 0 Å². The topological polar surface area (TPSA) is 63.4 Å². The van der Waals surface area contributed by atoms with Crippen LogP contribution < -0.4 is 0 Å². The first kappa shape index (κ1) is 14.0. The molecule has 0 saturated carbocycles. The second kappa shape index (κ2) is 5.04. The van der Waals surface area contributed by atoms with Crippen molar-refractivity contribution in [3.63, 3.8) is 0 Å². The summed E-state index contributed by atoms with van der Waals surface area (Å²) in [5, 5.41) is 5.18. The average Bonchev–Trinajstić information content (AvgIpc) is 3.05. The quantitative estimate of drug-likeness (QED) is 0.637. The molecule has 0 unspecified atom stereocenters. The van der Waals surface area contributed by atoms with Gasteiger partial charge in [0.25, 0.3) is 11.7 Å². The molecule has 2 aromatic heterocycles. The molecular formula is C17H15N5OS. The second-order valence-electron chi connectivity index (χ2n) is 6.10. The summed E-state index contributed by atoms with van der Waals surface area (Å²) < 4.78 is 1.74. The van der Waals surface area contributed by atoms with E-state index < -0.39 is 0 Å². The predicted molar refractivity (Wildman–Crippen MR) is 90.2 cm³/mol. The highest BCUT2D eigenvalue weighted by Crippen LogP contribution is 2.37. The Morgan fingerprint density at radius 3 is 3.04 bits per heavy atom. The van der Waals surface area contributed by atoms with Gasteiger partial charge in [-0.3, -0.25) is 4.79 Å². The average molecular weight is 337 g/mol. The van der Waals surface area contributed by atoms with E-state index in [0.717, 1.165) is 25.1 Å². The summed E-state index contributed by atoms with van der Waals surface area (Å²) in [6.07, 6.45) is 5.24. The molecule has 4 heterocycles. The van der Waals surface area contributed by atoms with Crippen molar-refractivity contribution in [2.75, 3.05) is 12.8 Å². The number of nitrogens with zero attached hydrogens (tertiary/aromatic N) is 5. The van der Waals surface area contributed by atoms with Crippen LogP contribution in [-0.2, 0) is 12.8 Å². The number of amides is 1. The summed E-state index contributed by atoms with van der Waals surface area (Å²) >= 11 is 1.48. The molecule has 2 aliphatic heterocycles. The van der Waals surface area contributed by atoms with Crippen molar-refractivity contribution in [3.05, 3.63) is 52.8 Å². The van der Waals surface area contributed by atoms with Crippen LogP contribution in [0.1, 0.15) is 33.2 Å². The molecule has 0 spiro atoms. The molecule has 5 rings (SSSR count). The molecule has 6 nitrogen and oxygen atoms in total. The minimum atomic E-state index is 0.0476. The van der Waals surface area contributed by atoms with Crippen molar-refractivity contribution >= 4 is 23.4 Å². The van der Waals surface area contributed by atoms with Gasteiger partial charge in [-0.2, -0.15) is 9.50 Å². The molecule has 3 aromatic rings. The Morgan fingerprint density at radius 1 is 1.29 bits per heavy atom. The van der Waals surface area contributed by atoms with Crippen LogP contribution in [0.3, 0.4) is 0 Å². The van der Waals surface area contributed by atoms with Crippen molar-refractivity contribution in [2.45, 2.75) is 24.0 Å². The highest BCUT2D eigenvalue weighted by Gasteiger charge is 2.38. The van der Waals surface area contributed by atoms with Gasteiger partial charge in [-0.1, -0.05) is 36.0 Å². The summed E-state index contributed by atoms with van der Waals surface area (Å²) in [4.78, 5) is 23.7. The minimum Gasteiger partial charge on any atom is -0.331 e. The fraction of sp³-hybridized carbons (Fsp3) is 0.294. The zero-order valence-corrected chi connectivity index (χ0v) is 14.0. The smallest absolute Gasteiger partial charge is 0.257 e. The Bertz CT molecular complexity index is 982. The number of carbonyl (C=O) groups excluding carboxylic acids is 1. The lowest BCUT2D eigenvalue weighted by molar-refractivity contribution is 0.0626. The maximum absolute atomic E-state index is 13.0. The van der Waals surface area contributed by atoms with Gasteiger partial charge in [0.2, 0.25) is 5.16 Å². The lowest BCUT2D eigenvalue weighted by Gasteiger charge is -2.40. The fourth-order valence-corrected chi connectivity index (χ4v) is 4.11. The van der Waals surface area contributed by atoms with Crippen molar-refractivity contribution in [1.29, 1.82) is 0 Å². The summed E-state index contributed by atoms with van der Waals surface area (Å²) in [5.41, 5.74) is 4.15. The SMILES string of the molecule is CSc1nc2ncc3c(n2n1)C[C@H]1c2ccccc2CCN1C3=O. The van der Waals surface area contributed by atoms with Gasteiger partial charge in [-0.15, -0.1) is 5.10 Å². The van der Waals surface area contributed by atoms with Gasteiger partial charge in [0, 0.05) is 19.2 Å². The molecule has 0 bridgehead atoms. The van der Waals surface area contributed by atoms with E-state index in [2.05, 4.69) is 33.3 Å². The number of benzene rings is 1. The third-order valence-corrected chi connectivity index (χ3v) is 5.46. The summed E-state index contributed by atoms with van der Waals surface area (Å²) in [7, 11) is 0. The Balaban J connectivity index is 1.71. The molecule has 7 heteroatoms. The molecule has 1 aromatic carbocycles. The van der Waals surface area contributed by atoms with Crippen LogP contribution in [-0.4, -0.2) is 43.2 Å². The van der Waals surface area contributed by atoms with E-state index in [9.17, 15) is 4.79 Å². The first-order valence-electron chi connectivity index (χ1n) is 7.93. The number of hydrogen-bond donors (Lipinski definition) is 0. The van der Waals surface area contributed by atoms with Gasteiger partial charge >= 0.3 is 0 Å². The molecule has 0 fully saturated rings. The minimum absolute atomic E-state index is 0.0476. The maximum Gasteiger partial charge on any atom is 0.257 e. The van der Waals surface area contributed by atoms with E-state index in [1.807, 2.05) is 17.2 Å². The van der Waals surface area contributed by atoms with Gasteiger partial charge in [0.05, 0.1) is 17.3 Å². The predicted octanol–water partition coefficient (Wildman–Crippen LogP) is 2.14. The Morgan fingerprint density at radius 2 is 2.17 bits per heavy atom. The van der Waals surface area contributed by atoms with Gasteiger partial charge in [-0.05, 0) is 23.8 Å². The molecular weight excluding hydrogens is 322 g/mol. The highest BCUT2D eigenvalue weighted by molar-refractivity contribution is 7.98. The first-order chi connectivity index (χ1) is 11.8. The van der Waals surface area contributed by atoms with E-state index in [1.54, 1.807) is 10.7 Å².